The van der Waals surface area contributed by atoms with Crippen LogP contribution in [0.1, 0.15) is 47.3 Å². The molecule has 2 amide bonds. The van der Waals surface area contributed by atoms with Gasteiger partial charge in [0.1, 0.15) is 0 Å². The van der Waals surface area contributed by atoms with E-state index in [-0.39, 0.29) is 17.9 Å². The number of benzene rings is 2. The zero-order chi connectivity index (χ0) is 18.2. The zero-order valence-electron chi connectivity index (χ0n) is 15.2. The normalized spacial score (nSPS) is 11.6. The van der Waals surface area contributed by atoms with Gasteiger partial charge in [-0.05, 0) is 38.0 Å². The van der Waals surface area contributed by atoms with Gasteiger partial charge < -0.3 is 10.2 Å². The van der Waals surface area contributed by atoms with Crippen LogP contribution in [0.2, 0.25) is 0 Å². The Morgan fingerprint density at radius 2 is 1.68 bits per heavy atom. The Morgan fingerprint density at radius 3 is 2.32 bits per heavy atom. The molecule has 4 heteroatoms. The molecule has 0 radical (unpaired) electrons. The van der Waals surface area contributed by atoms with Crippen LogP contribution in [-0.2, 0) is 4.79 Å². The lowest BCUT2D eigenvalue weighted by Gasteiger charge is -2.25. The summed E-state index contributed by atoms with van der Waals surface area (Å²) in [7, 11) is 1.83. The number of rotatable bonds is 7. The molecule has 132 valence electrons. The maximum Gasteiger partial charge on any atom is 0.251 e. The van der Waals surface area contributed by atoms with E-state index in [1.54, 1.807) is 17.0 Å². The molecule has 0 bridgehead atoms. The number of nitrogens with one attached hydrogen (secondary N) is 1. The average Bonchev–Trinajstić information content (AvgIpc) is 2.65. The molecule has 0 heterocycles. The van der Waals surface area contributed by atoms with Gasteiger partial charge in [0.2, 0.25) is 5.91 Å². The summed E-state index contributed by atoms with van der Waals surface area (Å²) in [5.74, 6) is -0.0172. The van der Waals surface area contributed by atoms with Crippen LogP contribution in [0, 0.1) is 6.92 Å². The molecule has 2 aromatic carbocycles. The fourth-order valence-corrected chi connectivity index (χ4v) is 2.59. The van der Waals surface area contributed by atoms with Crippen molar-refractivity contribution in [2.24, 2.45) is 0 Å². The molecular formula is C21H26N2O2. The Labute approximate surface area is 149 Å². The Balaban J connectivity index is 1.76. The SMILES string of the molecule is Cc1ccc(C(C)N(C)C(=O)CCCNC(=O)c2ccccc2)cc1. The van der Waals surface area contributed by atoms with Gasteiger partial charge in [0.15, 0.2) is 0 Å². The molecule has 4 nitrogen and oxygen atoms in total. The number of carbonyl (C=O) groups is 2. The van der Waals surface area contributed by atoms with Gasteiger partial charge >= 0.3 is 0 Å². The van der Waals surface area contributed by atoms with Gasteiger partial charge in [-0.1, -0.05) is 48.0 Å². The van der Waals surface area contributed by atoms with Gasteiger partial charge in [0, 0.05) is 25.6 Å². The second kappa shape index (κ2) is 9.02. The molecule has 2 rings (SSSR count). The average molecular weight is 338 g/mol. The van der Waals surface area contributed by atoms with E-state index in [1.165, 1.54) is 5.56 Å². The maximum atomic E-state index is 12.4. The van der Waals surface area contributed by atoms with Crippen LogP contribution in [0.25, 0.3) is 0 Å². The Bertz CT molecular complexity index is 696. The highest BCUT2D eigenvalue weighted by Gasteiger charge is 2.17. The molecule has 0 aliphatic carbocycles. The summed E-state index contributed by atoms with van der Waals surface area (Å²) in [6.07, 6.45) is 1.05. The van der Waals surface area contributed by atoms with Crippen LogP contribution >= 0.6 is 0 Å². The number of carbonyl (C=O) groups excluding carboxylic acids is 2. The highest BCUT2D eigenvalue weighted by molar-refractivity contribution is 5.94. The number of amides is 2. The molecule has 0 saturated heterocycles. The lowest BCUT2D eigenvalue weighted by atomic mass is 10.1. The molecule has 0 aliphatic heterocycles. The van der Waals surface area contributed by atoms with Crippen molar-refractivity contribution in [1.29, 1.82) is 0 Å². The van der Waals surface area contributed by atoms with E-state index >= 15 is 0 Å². The van der Waals surface area contributed by atoms with Gasteiger partial charge in [0.25, 0.3) is 5.91 Å². The minimum absolute atomic E-state index is 0.0343. The van der Waals surface area contributed by atoms with Gasteiger partial charge in [-0.25, -0.2) is 0 Å². The molecule has 0 fully saturated rings. The Morgan fingerprint density at radius 1 is 1.04 bits per heavy atom. The first-order valence-corrected chi connectivity index (χ1v) is 8.64. The standard InChI is InChI=1S/C21H26N2O2/c1-16-11-13-18(14-12-16)17(2)23(3)20(24)10-7-15-22-21(25)19-8-5-4-6-9-19/h4-6,8-9,11-14,17H,7,10,15H2,1-3H3,(H,22,25). The van der Waals surface area contributed by atoms with Crippen molar-refractivity contribution in [2.75, 3.05) is 13.6 Å². The number of aryl methyl sites for hydroxylation is 1. The fraction of sp³-hybridized carbons (Fsp3) is 0.333. The lowest BCUT2D eigenvalue weighted by Crippen LogP contribution is -2.31. The highest BCUT2D eigenvalue weighted by atomic mass is 16.2. The molecule has 0 saturated carbocycles. The third-order valence-corrected chi connectivity index (χ3v) is 4.42. The molecule has 0 spiro atoms. The summed E-state index contributed by atoms with van der Waals surface area (Å²) >= 11 is 0. The molecule has 1 atom stereocenters. The first-order valence-electron chi connectivity index (χ1n) is 8.64. The highest BCUT2D eigenvalue weighted by Crippen LogP contribution is 2.20. The van der Waals surface area contributed by atoms with E-state index in [9.17, 15) is 9.59 Å². The van der Waals surface area contributed by atoms with E-state index in [1.807, 2.05) is 39.1 Å². The number of nitrogens with zero attached hydrogens (tertiary/aromatic N) is 1. The third-order valence-electron chi connectivity index (χ3n) is 4.42. The third kappa shape index (κ3) is 5.45. The second-order valence-corrected chi connectivity index (χ2v) is 6.32. The molecule has 1 unspecified atom stereocenters. The first-order chi connectivity index (χ1) is 12.0. The van der Waals surface area contributed by atoms with Crippen LogP contribution in [0.15, 0.2) is 54.6 Å². The van der Waals surface area contributed by atoms with Crippen molar-refractivity contribution < 1.29 is 9.59 Å². The van der Waals surface area contributed by atoms with Crippen molar-refractivity contribution in [3.63, 3.8) is 0 Å². The molecular weight excluding hydrogens is 312 g/mol. The summed E-state index contributed by atoms with van der Waals surface area (Å²) in [4.78, 5) is 26.1. The van der Waals surface area contributed by atoms with E-state index in [0.29, 0.717) is 24.9 Å². The fourth-order valence-electron chi connectivity index (χ4n) is 2.59. The summed E-state index contributed by atoms with van der Waals surface area (Å²) in [6.45, 7) is 4.57. The summed E-state index contributed by atoms with van der Waals surface area (Å²) in [5.41, 5.74) is 2.97. The second-order valence-electron chi connectivity index (χ2n) is 6.32. The van der Waals surface area contributed by atoms with Crippen molar-refractivity contribution in [2.45, 2.75) is 32.7 Å². The summed E-state index contributed by atoms with van der Waals surface area (Å²) < 4.78 is 0. The molecule has 2 aromatic rings. The van der Waals surface area contributed by atoms with Crippen LogP contribution in [0.4, 0.5) is 0 Å². The summed E-state index contributed by atoms with van der Waals surface area (Å²) in [6, 6.07) is 17.4. The van der Waals surface area contributed by atoms with Gasteiger partial charge in [0.05, 0.1) is 6.04 Å². The van der Waals surface area contributed by atoms with Crippen molar-refractivity contribution in [3.05, 3.63) is 71.3 Å². The molecule has 25 heavy (non-hydrogen) atoms. The van der Waals surface area contributed by atoms with E-state index < -0.39 is 0 Å². The topological polar surface area (TPSA) is 49.4 Å². The minimum Gasteiger partial charge on any atom is -0.352 e. The van der Waals surface area contributed by atoms with Crippen molar-refractivity contribution >= 4 is 11.8 Å². The van der Waals surface area contributed by atoms with E-state index in [4.69, 9.17) is 0 Å². The van der Waals surface area contributed by atoms with E-state index in [0.717, 1.165) is 5.56 Å². The van der Waals surface area contributed by atoms with Crippen molar-refractivity contribution in [3.8, 4) is 0 Å². The monoisotopic (exact) mass is 338 g/mol. The van der Waals surface area contributed by atoms with E-state index in [2.05, 4.69) is 29.6 Å². The Kier molecular flexibility index (Phi) is 6.75. The Hall–Kier alpha value is -2.62. The smallest absolute Gasteiger partial charge is 0.251 e. The van der Waals surface area contributed by atoms with Crippen molar-refractivity contribution in [1.82, 2.24) is 10.2 Å². The molecule has 0 aliphatic rings. The lowest BCUT2D eigenvalue weighted by molar-refractivity contribution is -0.131. The maximum absolute atomic E-state index is 12.4. The van der Waals surface area contributed by atoms with Gasteiger partial charge in [-0.3, -0.25) is 9.59 Å². The van der Waals surface area contributed by atoms with Crippen LogP contribution in [0.3, 0.4) is 0 Å². The number of hydrogen-bond acceptors (Lipinski definition) is 2. The van der Waals surface area contributed by atoms with Crippen LogP contribution in [0.5, 0.6) is 0 Å². The zero-order valence-corrected chi connectivity index (χ0v) is 15.2. The summed E-state index contributed by atoms with van der Waals surface area (Å²) in [5, 5.41) is 2.85. The predicted molar refractivity (Wildman–Crippen MR) is 100 cm³/mol. The predicted octanol–water partition coefficient (Wildman–Crippen LogP) is 3.72. The quantitative estimate of drug-likeness (QED) is 0.782. The molecule has 0 aromatic heterocycles. The number of hydrogen-bond donors (Lipinski definition) is 1. The van der Waals surface area contributed by atoms with Gasteiger partial charge in [-0.15, -0.1) is 0 Å². The largest absolute Gasteiger partial charge is 0.352 e. The molecule has 1 N–H and O–H groups in total. The minimum atomic E-state index is -0.102. The van der Waals surface area contributed by atoms with Gasteiger partial charge in [-0.2, -0.15) is 0 Å². The van der Waals surface area contributed by atoms with Crippen LogP contribution in [-0.4, -0.2) is 30.3 Å². The van der Waals surface area contributed by atoms with Crippen LogP contribution < -0.4 is 5.32 Å². The first kappa shape index (κ1) is 18.7.